The molecule has 2 aliphatic heterocycles. The van der Waals surface area contributed by atoms with Crippen LogP contribution in [0.3, 0.4) is 0 Å². The summed E-state index contributed by atoms with van der Waals surface area (Å²) in [5, 5.41) is 4.00. The molecule has 0 spiro atoms. The molecule has 32 heavy (non-hydrogen) atoms. The third kappa shape index (κ3) is 4.17. The maximum atomic E-state index is 12.4. The van der Waals surface area contributed by atoms with Gasteiger partial charge < -0.3 is 33.0 Å². The van der Waals surface area contributed by atoms with Crippen molar-refractivity contribution in [2.45, 2.75) is 6.61 Å². The minimum Gasteiger partial charge on any atom is -0.459 e. The Balaban J connectivity index is 1.08. The minimum atomic E-state index is -0.164. The Hall–Kier alpha value is -3.79. The number of benzene rings is 1. The van der Waals surface area contributed by atoms with Crippen molar-refractivity contribution in [2.24, 2.45) is 0 Å². The van der Waals surface area contributed by atoms with Gasteiger partial charge in [0.05, 0.1) is 12.9 Å². The van der Waals surface area contributed by atoms with E-state index in [4.69, 9.17) is 23.2 Å². The topological polar surface area (TPSA) is 107 Å². The van der Waals surface area contributed by atoms with Crippen molar-refractivity contribution < 1.29 is 32.7 Å². The fourth-order valence-corrected chi connectivity index (χ4v) is 3.61. The molecular formula is C22H21N3O7. The molecule has 0 radical (unpaired) electrons. The molecule has 1 aromatic carbocycles. The first-order valence-corrected chi connectivity index (χ1v) is 10.2. The number of carbonyl (C=O) groups excluding carboxylic acids is 2. The molecule has 2 aliphatic rings. The van der Waals surface area contributed by atoms with Crippen molar-refractivity contribution in [3.05, 3.63) is 54.1 Å². The molecule has 5 rings (SSSR count). The van der Waals surface area contributed by atoms with Crippen molar-refractivity contribution in [1.82, 2.24) is 15.0 Å². The minimum absolute atomic E-state index is 0.0711. The number of piperazine rings is 1. The van der Waals surface area contributed by atoms with Crippen LogP contribution in [0.1, 0.15) is 16.2 Å². The van der Waals surface area contributed by atoms with Crippen LogP contribution in [0.5, 0.6) is 11.5 Å². The van der Waals surface area contributed by atoms with E-state index in [0.717, 1.165) is 5.56 Å². The van der Waals surface area contributed by atoms with Gasteiger partial charge in [0.1, 0.15) is 12.3 Å². The highest BCUT2D eigenvalue weighted by molar-refractivity contribution is 5.91. The molecule has 10 nitrogen and oxygen atoms in total. The van der Waals surface area contributed by atoms with Crippen LogP contribution in [0, 0.1) is 0 Å². The zero-order valence-corrected chi connectivity index (χ0v) is 17.2. The molecule has 2 amide bonds. The Kier molecular flexibility index (Phi) is 5.51. The maximum Gasteiger partial charge on any atom is 0.289 e. The first-order valence-electron chi connectivity index (χ1n) is 10.2. The average Bonchev–Trinajstić information content (AvgIpc) is 3.60. The Bertz CT molecular complexity index is 1100. The maximum absolute atomic E-state index is 12.4. The van der Waals surface area contributed by atoms with Crippen LogP contribution in [0.2, 0.25) is 0 Å². The smallest absolute Gasteiger partial charge is 0.289 e. The number of furan rings is 1. The van der Waals surface area contributed by atoms with E-state index in [9.17, 15) is 9.59 Å². The highest BCUT2D eigenvalue weighted by Gasteiger charge is 2.26. The van der Waals surface area contributed by atoms with Crippen molar-refractivity contribution in [1.29, 1.82) is 0 Å². The summed E-state index contributed by atoms with van der Waals surface area (Å²) in [7, 11) is 0. The second-order valence-electron chi connectivity index (χ2n) is 7.39. The van der Waals surface area contributed by atoms with Crippen LogP contribution < -0.4 is 9.47 Å². The summed E-state index contributed by atoms with van der Waals surface area (Å²) in [6, 6.07) is 10.6. The second-order valence-corrected chi connectivity index (χ2v) is 7.39. The number of hydrogen-bond donors (Lipinski definition) is 0. The molecule has 0 N–H and O–H groups in total. The largest absolute Gasteiger partial charge is 0.459 e. The Labute approximate surface area is 183 Å². The number of fused-ring (bicyclic) bond motifs is 1. The second kappa shape index (κ2) is 8.75. The Morgan fingerprint density at radius 2 is 1.81 bits per heavy atom. The summed E-state index contributed by atoms with van der Waals surface area (Å²) in [5.41, 5.74) is 1.39. The molecular weight excluding hydrogens is 418 g/mol. The molecule has 0 bridgehead atoms. The third-order valence-electron chi connectivity index (χ3n) is 5.34. The zero-order chi connectivity index (χ0) is 21.9. The van der Waals surface area contributed by atoms with Gasteiger partial charge in [0.25, 0.3) is 5.91 Å². The van der Waals surface area contributed by atoms with Gasteiger partial charge in [0.15, 0.2) is 23.0 Å². The van der Waals surface area contributed by atoms with E-state index in [2.05, 4.69) is 5.16 Å². The van der Waals surface area contributed by atoms with E-state index < -0.39 is 0 Å². The van der Waals surface area contributed by atoms with Gasteiger partial charge in [-0.25, -0.2) is 0 Å². The lowest BCUT2D eigenvalue weighted by atomic mass is 10.1. The summed E-state index contributed by atoms with van der Waals surface area (Å²) >= 11 is 0. The van der Waals surface area contributed by atoms with E-state index in [-0.39, 0.29) is 31.8 Å². The average molecular weight is 439 g/mol. The van der Waals surface area contributed by atoms with Crippen LogP contribution in [-0.2, 0) is 16.1 Å². The summed E-state index contributed by atoms with van der Waals surface area (Å²) < 4.78 is 26.8. The number of aromatic nitrogens is 1. The SMILES string of the molecule is O=C(COCc1cc(-c2ccc3c(c2)OCO3)on1)N1CCN(C(=O)c2ccco2)CC1. The molecule has 10 heteroatoms. The lowest BCUT2D eigenvalue weighted by Gasteiger charge is -2.34. The standard InChI is InChI=1S/C22H21N3O7/c26-21(24-5-7-25(8-6-24)22(27)18-2-1-9-29-18)13-28-12-16-11-19(32-23-16)15-3-4-17-20(10-15)31-14-30-17/h1-4,9-11H,5-8,12-14H2. The summed E-state index contributed by atoms with van der Waals surface area (Å²) in [4.78, 5) is 28.1. The molecule has 3 aromatic rings. The highest BCUT2D eigenvalue weighted by Crippen LogP contribution is 2.36. The lowest BCUT2D eigenvalue weighted by molar-refractivity contribution is -0.138. The number of carbonyl (C=O) groups is 2. The van der Waals surface area contributed by atoms with Gasteiger partial charge in [-0.2, -0.15) is 0 Å². The predicted molar refractivity (Wildman–Crippen MR) is 109 cm³/mol. The van der Waals surface area contributed by atoms with E-state index in [0.29, 0.717) is 54.9 Å². The lowest BCUT2D eigenvalue weighted by Crippen LogP contribution is -2.51. The van der Waals surface area contributed by atoms with Gasteiger partial charge in [0.2, 0.25) is 12.7 Å². The van der Waals surface area contributed by atoms with Gasteiger partial charge in [-0.15, -0.1) is 0 Å². The molecule has 0 saturated carbocycles. The first kappa shape index (κ1) is 20.1. The molecule has 1 fully saturated rings. The van der Waals surface area contributed by atoms with E-state index in [1.54, 1.807) is 28.0 Å². The highest BCUT2D eigenvalue weighted by atomic mass is 16.7. The molecule has 1 saturated heterocycles. The summed E-state index contributed by atoms with van der Waals surface area (Å²) in [6.45, 7) is 2.09. The van der Waals surface area contributed by atoms with Crippen molar-refractivity contribution in [3.8, 4) is 22.8 Å². The summed E-state index contributed by atoms with van der Waals surface area (Å²) in [6.07, 6.45) is 1.47. The normalized spacial score (nSPS) is 15.2. The third-order valence-corrected chi connectivity index (χ3v) is 5.34. The quantitative estimate of drug-likeness (QED) is 0.575. The number of nitrogens with zero attached hydrogens (tertiary/aromatic N) is 3. The molecule has 0 unspecified atom stereocenters. The molecule has 0 atom stereocenters. The van der Waals surface area contributed by atoms with E-state index in [1.165, 1.54) is 6.26 Å². The fourth-order valence-electron chi connectivity index (χ4n) is 3.61. The van der Waals surface area contributed by atoms with Crippen LogP contribution in [-0.4, -0.2) is 66.3 Å². The van der Waals surface area contributed by atoms with Gasteiger partial charge in [-0.05, 0) is 30.3 Å². The Morgan fingerprint density at radius 1 is 1.00 bits per heavy atom. The van der Waals surface area contributed by atoms with Crippen molar-refractivity contribution >= 4 is 11.8 Å². The van der Waals surface area contributed by atoms with Crippen molar-refractivity contribution in [3.63, 3.8) is 0 Å². The van der Waals surface area contributed by atoms with Gasteiger partial charge in [-0.1, -0.05) is 5.16 Å². The molecule has 2 aromatic heterocycles. The van der Waals surface area contributed by atoms with E-state index in [1.807, 2.05) is 18.2 Å². The van der Waals surface area contributed by atoms with Crippen molar-refractivity contribution in [2.75, 3.05) is 39.6 Å². The monoisotopic (exact) mass is 439 g/mol. The van der Waals surface area contributed by atoms with Gasteiger partial charge in [-0.3, -0.25) is 9.59 Å². The number of ether oxygens (including phenoxy) is 3. The number of hydrogen-bond acceptors (Lipinski definition) is 8. The van der Waals surface area contributed by atoms with Crippen LogP contribution in [0.15, 0.2) is 51.6 Å². The number of amides is 2. The van der Waals surface area contributed by atoms with E-state index >= 15 is 0 Å². The Morgan fingerprint density at radius 3 is 2.62 bits per heavy atom. The fraction of sp³-hybridized carbons (Fsp3) is 0.318. The molecule has 166 valence electrons. The van der Waals surface area contributed by atoms with Gasteiger partial charge in [0, 0.05) is 37.8 Å². The summed E-state index contributed by atoms with van der Waals surface area (Å²) in [5.74, 6) is 1.94. The number of rotatable bonds is 6. The van der Waals surface area contributed by atoms with Crippen LogP contribution >= 0.6 is 0 Å². The first-order chi connectivity index (χ1) is 15.7. The molecule has 4 heterocycles. The molecule has 0 aliphatic carbocycles. The predicted octanol–water partition coefficient (Wildman–Crippen LogP) is 2.16. The van der Waals surface area contributed by atoms with Gasteiger partial charge >= 0.3 is 0 Å². The van der Waals surface area contributed by atoms with Crippen LogP contribution in [0.4, 0.5) is 0 Å². The van der Waals surface area contributed by atoms with Crippen LogP contribution in [0.25, 0.3) is 11.3 Å². The zero-order valence-electron chi connectivity index (χ0n) is 17.2.